The van der Waals surface area contributed by atoms with Crippen LogP contribution in [-0.2, 0) is 17.8 Å². The van der Waals surface area contributed by atoms with Crippen LogP contribution in [0.25, 0.3) is 0 Å². The van der Waals surface area contributed by atoms with Gasteiger partial charge in [0.05, 0.1) is 13.2 Å². The van der Waals surface area contributed by atoms with Gasteiger partial charge in [-0.05, 0) is 17.5 Å². The van der Waals surface area contributed by atoms with Gasteiger partial charge < -0.3 is 15.0 Å². The van der Waals surface area contributed by atoms with Gasteiger partial charge in [0.2, 0.25) is 0 Å². The van der Waals surface area contributed by atoms with Crippen LogP contribution in [0.2, 0.25) is 0 Å². The van der Waals surface area contributed by atoms with Gasteiger partial charge in [-0.3, -0.25) is 0 Å². The summed E-state index contributed by atoms with van der Waals surface area (Å²) in [5, 5.41) is 3.55. The van der Waals surface area contributed by atoms with E-state index < -0.39 is 0 Å². The number of nitrogens with one attached hydrogen (secondary N) is 1. The molecule has 2 aromatic carbocycles. The van der Waals surface area contributed by atoms with E-state index in [0.29, 0.717) is 12.5 Å². The van der Waals surface area contributed by atoms with Crippen molar-refractivity contribution in [3.8, 4) is 0 Å². The van der Waals surface area contributed by atoms with E-state index in [-0.39, 0.29) is 0 Å². The predicted octanol–water partition coefficient (Wildman–Crippen LogP) is 2.97. The van der Waals surface area contributed by atoms with Crippen molar-refractivity contribution in [2.24, 2.45) is 5.92 Å². The average Bonchev–Trinajstić information content (AvgIpc) is 2.87. The van der Waals surface area contributed by atoms with E-state index in [2.05, 4.69) is 64.8 Å². The molecule has 1 heterocycles. The molecule has 128 valence electrons. The van der Waals surface area contributed by atoms with Gasteiger partial charge in [0.25, 0.3) is 0 Å². The maximum absolute atomic E-state index is 5.96. The second-order valence-corrected chi connectivity index (χ2v) is 6.61. The summed E-state index contributed by atoms with van der Waals surface area (Å²) >= 11 is 0. The highest BCUT2D eigenvalue weighted by atomic mass is 16.5. The summed E-state index contributed by atoms with van der Waals surface area (Å²) in [4.78, 5) is 2.57. The summed E-state index contributed by atoms with van der Waals surface area (Å²) in [6.07, 6.45) is 1.12. The van der Waals surface area contributed by atoms with Crippen LogP contribution in [0.4, 0.5) is 0 Å². The van der Waals surface area contributed by atoms with Gasteiger partial charge >= 0.3 is 0 Å². The zero-order chi connectivity index (χ0) is 16.5. The van der Waals surface area contributed by atoms with E-state index in [1.807, 2.05) is 6.07 Å². The Bertz CT molecular complexity index is 573. The first-order chi connectivity index (χ1) is 11.9. The lowest BCUT2D eigenvalue weighted by Crippen LogP contribution is -2.33. The van der Waals surface area contributed by atoms with Crippen molar-refractivity contribution >= 4 is 0 Å². The summed E-state index contributed by atoms with van der Waals surface area (Å²) < 4.78 is 5.96. The van der Waals surface area contributed by atoms with Crippen molar-refractivity contribution in [2.75, 3.05) is 39.3 Å². The van der Waals surface area contributed by atoms with Gasteiger partial charge in [-0.15, -0.1) is 0 Å². The number of rotatable bonds is 7. The topological polar surface area (TPSA) is 24.5 Å². The molecule has 0 aromatic heterocycles. The zero-order valence-electron chi connectivity index (χ0n) is 14.4. The molecule has 1 aliphatic heterocycles. The van der Waals surface area contributed by atoms with Crippen LogP contribution >= 0.6 is 0 Å². The Morgan fingerprint density at radius 3 is 2.42 bits per heavy atom. The highest BCUT2D eigenvalue weighted by Gasteiger charge is 2.17. The lowest BCUT2D eigenvalue weighted by Gasteiger charge is -2.23. The number of hydrogen-bond donors (Lipinski definition) is 1. The van der Waals surface area contributed by atoms with Gasteiger partial charge in [0.15, 0.2) is 0 Å². The first-order valence-electron chi connectivity index (χ1n) is 8.99. The molecule has 2 aromatic rings. The normalized spacial score (nSPS) is 19.1. The molecular weight excluding hydrogens is 296 g/mol. The lowest BCUT2D eigenvalue weighted by atomic mass is 10.1. The summed E-state index contributed by atoms with van der Waals surface area (Å²) in [5.74, 6) is 0.562. The van der Waals surface area contributed by atoms with Crippen LogP contribution in [-0.4, -0.2) is 44.2 Å². The maximum atomic E-state index is 5.96. The van der Waals surface area contributed by atoms with Crippen LogP contribution in [0, 0.1) is 5.92 Å². The van der Waals surface area contributed by atoms with Crippen molar-refractivity contribution in [2.45, 2.75) is 13.0 Å². The quantitative estimate of drug-likeness (QED) is 0.847. The standard InChI is InChI=1S/C21H28N2O/c1-3-7-19(8-4-1)11-13-23-14-12-22-15-21(16-23)18-24-17-20-9-5-2-6-10-20/h1-10,21-22H,11-18H2. The van der Waals surface area contributed by atoms with Gasteiger partial charge in [0, 0.05) is 38.6 Å². The van der Waals surface area contributed by atoms with Crippen molar-refractivity contribution in [3.63, 3.8) is 0 Å². The molecule has 0 saturated carbocycles. The molecule has 0 bridgehead atoms. The van der Waals surface area contributed by atoms with Gasteiger partial charge in [-0.2, -0.15) is 0 Å². The molecule has 1 N–H and O–H groups in total. The predicted molar refractivity (Wildman–Crippen MR) is 99.0 cm³/mol. The highest BCUT2D eigenvalue weighted by molar-refractivity contribution is 5.15. The van der Waals surface area contributed by atoms with Crippen LogP contribution < -0.4 is 5.32 Å². The van der Waals surface area contributed by atoms with Crippen molar-refractivity contribution < 1.29 is 4.74 Å². The Labute approximate surface area is 145 Å². The van der Waals surface area contributed by atoms with E-state index in [0.717, 1.165) is 45.8 Å². The number of hydrogen-bond acceptors (Lipinski definition) is 3. The summed E-state index contributed by atoms with van der Waals surface area (Å²) in [7, 11) is 0. The second kappa shape index (κ2) is 9.58. The molecule has 0 aliphatic carbocycles. The average molecular weight is 324 g/mol. The van der Waals surface area contributed by atoms with E-state index in [1.54, 1.807) is 0 Å². The van der Waals surface area contributed by atoms with Gasteiger partial charge in [-0.25, -0.2) is 0 Å². The Kier molecular flexibility index (Phi) is 6.84. The van der Waals surface area contributed by atoms with Crippen LogP contribution in [0.1, 0.15) is 11.1 Å². The molecule has 0 radical (unpaired) electrons. The molecule has 24 heavy (non-hydrogen) atoms. The SMILES string of the molecule is c1ccc(CCN2CCNCC(COCc3ccccc3)C2)cc1. The van der Waals surface area contributed by atoms with Crippen LogP contribution in [0.5, 0.6) is 0 Å². The smallest absolute Gasteiger partial charge is 0.0717 e. The molecule has 1 aliphatic rings. The largest absolute Gasteiger partial charge is 0.376 e. The van der Waals surface area contributed by atoms with Crippen molar-refractivity contribution in [1.82, 2.24) is 10.2 Å². The molecule has 3 heteroatoms. The fraction of sp³-hybridized carbons (Fsp3) is 0.429. The van der Waals surface area contributed by atoms with Crippen LogP contribution in [0.15, 0.2) is 60.7 Å². The molecular formula is C21H28N2O. The number of benzene rings is 2. The Balaban J connectivity index is 1.42. The fourth-order valence-corrected chi connectivity index (χ4v) is 3.23. The van der Waals surface area contributed by atoms with Gasteiger partial charge in [-0.1, -0.05) is 60.7 Å². The van der Waals surface area contributed by atoms with E-state index in [4.69, 9.17) is 4.74 Å². The fourth-order valence-electron chi connectivity index (χ4n) is 3.23. The molecule has 0 spiro atoms. The molecule has 1 fully saturated rings. The minimum absolute atomic E-state index is 0.562. The van der Waals surface area contributed by atoms with Crippen LogP contribution in [0.3, 0.4) is 0 Å². The highest BCUT2D eigenvalue weighted by Crippen LogP contribution is 2.09. The number of nitrogens with zero attached hydrogens (tertiary/aromatic N) is 1. The summed E-state index contributed by atoms with van der Waals surface area (Å²) in [6.45, 7) is 7.03. The molecule has 1 saturated heterocycles. The van der Waals surface area contributed by atoms with Gasteiger partial charge in [0.1, 0.15) is 0 Å². The monoisotopic (exact) mass is 324 g/mol. The second-order valence-electron chi connectivity index (χ2n) is 6.61. The summed E-state index contributed by atoms with van der Waals surface area (Å²) in [6, 6.07) is 21.2. The van der Waals surface area contributed by atoms with E-state index >= 15 is 0 Å². The summed E-state index contributed by atoms with van der Waals surface area (Å²) in [5.41, 5.74) is 2.67. The third-order valence-corrected chi connectivity index (χ3v) is 4.58. The third-order valence-electron chi connectivity index (χ3n) is 4.58. The molecule has 0 amide bonds. The maximum Gasteiger partial charge on any atom is 0.0717 e. The Hall–Kier alpha value is -1.68. The molecule has 1 unspecified atom stereocenters. The molecule has 1 atom stereocenters. The molecule has 3 nitrogen and oxygen atoms in total. The van der Waals surface area contributed by atoms with Crippen molar-refractivity contribution in [1.29, 1.82) is 0 Å². The first kappa shape index (κ1) is 17.2. The zero-order valence-corrected chi connectivity index (χ0v) is 14.4. The van der Waals surface area contributed by atoms with E-state index in [9.17, 15) is 0 Å². The number of ether oxygens (including phenoxy) is 1. The molecule has 3 rings (SSSR count). The minimum Gasteiger partial charge on any atom is -0.376 e. The first-order valence-corrected chi connectivity index (χ1v) is 8.99. The van der Waals surface area contributed by atoms with Crippen molar-refractivity contribution in [3.05, 3.63) is 71.8 Å². The van der Waals surface area contributed by atoms with E-state index in [1.165, 1.54) is 11.1 Å². The third kappa shape index (κ3) is 5.75. The Morgan fingerprint density at radius 1 is 0.958 bits per heavy atom. The minimum atomic E-state index is 0.562. The Morgan fingerprint density at radius 2 is 1.67 bits per heavy atom. The lowest BCUT2D eigenvalue weighted by molar-refractivity contribution is 0.0768.